The normalized spacial score (nSPS) is 12.6. The molecule has 0 aliphatic heterocycles. The summed E-state index contributed by atoms with van der Waals surface area (Å²) in [6.45, 7) is 13.2. The van der Waals surface area contributed by atoms with Gasteiger partial charge in [0.1, 0.15) is 23.4 Å². The fourth-order valence-corrected chi connectivity index (χ4v) is 4.80. The lowest BCUT2D eigenvalue weighted by atomic mass is 9.98. The number of likely N-dealkylation sites (N-methyl/N-ethyl adjacent to an activating group) is 1. The van der Waals surface area contributed by atoms with Crippen molar-refractivity contribution in [1.82, 2.24) is 10.2 Å². The van der Waals surface area contributed by atoms with Crippen LogP contribution in [0.2, 0.25) is 0 Å². The highest BCUT2D eigenvalue weighted by molar-refractivity contribution is 6.00. The zero-order valence-electron chi connectivity index (χ0n) is 25.7. The highest BCUT2D eigenvalue weighted by Gasteiger charge is 2.36. The zero-order valence-corrected chi connectivity index (χ0v) is 25.7. The highest BCUT2D eigenvalue weighted by Crippen LogP contribution is 2.28. The van der Waals surface area contributed by atoms with E-state index in [-0.39, 0.29) is 24.6 Å². The van der Waals surface area contributed by atoms with E-state index in [1.54, 1.807) is 32.9 Å². The molecule has 0 radical (unpaired) electrons. The number of aromatic hydroxyl groups is 1. The van der Waals surface area contributed by atoms with Gasteiger partial charge >= 0.3 is 6.09 Å². The molecule has 0 spiro atoms. The molecule has 0 saturated heterocycles. The lowest BCUT2D eigenvalue weighted by Crippen LogP contribution is -2.53. The van der Waals surface area contributed by atoms with Crippen molar-refractivity contribution in [1.29, 1.82) is 0 Å². The minimum Gasteiger partial charge on any atom is -0.508 e. The highest BCUT2D eigenvalue weighted by atomic mass is 16.6. The first-order valence-corrected chi connectivity index (χ1v) is 14.4. The van der Waals surface area contributed by atoms with Crippen LogP contribution in [0.4, 0.5) is 10.5 Å². The van der Waals surface area contributed by atoms with Crippen LogP contribution in [0.1, 0.15) is 68.5 Å². The molecule has 0 aromatic heterocycles. The van der Waals surface area contributed by atoms with Crippen LogP contribution in [0.25, 0.3) is 0 Å². The number of carbonyl (C=O) groups excluding carboxylic acids is 3. The summed E-state index contributed by atoms with van der Waals surface area (Å²) in [6.07, 6.45) is 0.235. The molecule has 2 atom stereocenters. The molecule has 3 rings (SSSR count). The molecular weight excluding hydrogens is 530 g/mol. The average molecular weight is 574 g/mol. The number of carbonyl (C=O) groups is 3. The molecule has 8 heteroatoms. The van der Waals surface area contributed by atoms with E-state index < -0.39 is 29.7 Å². The van der Waals surface area contributed by atoms with E-state index in [1.807, 2.05) is 63.2 Å². The number of phenols is 1. The molecule has 224 valence electrons. The van der Waals surface area contributed by atoms with Gasteiger partial charge in [-0.25, -0.2) is 4.79 Å². The van der Waals surface area contributed by atoms with Gasteiger partial charge in [-0.2, -0.15) is 0 Å². The van der Waals surface area contributed by atoms with Crippen molar-refractivity contribution in [2.24, 2.45) is 0 Å². The number of hydrogen-bond acceptors (Lipinski definition) is 5. The van der Waals surface area contributed by atoms with Crippen LogP contribution in [-0.4, -0.2) is 46.1 Å². The second kappa shape index (κ2) is 14.0. The molecule has 0 fully saturated rings. The third kappa shape index (κ3) is 8.59. The predicted molar refractivity (Wildman–Crippen MR) is 165 cm³/mol. The third-order valence-electron chi connectivity index (χ3n) is 6.98. The maximum absolute atomic E-state index is 14.3. The Hall–Kier alpha value is -4.33. The van der Waals surface area contributed by atoms with Crippen molar-refractivity contribution in [3.8, 4) is 5.75 Å². The van der Waals surface area contributed by atoms with Gasteiger partial charge in [0, 0.05) is 18.7 Å². The van der Waals surface area contributed by atoms with E-state index >= 15 is 0 Å². The molecule has 0 aliphatic rings. The van der Waals surface area contributed by atoms with Gasteiger partial charge in [-0.1, -0.05) is 61.5 Å². The van der Waals surface area contributed by atoms with Gasteiger partial charge < -0.3 is 25.4 Å². The van der Waals surface area contributed by atoms with E-state index in [0.717, 1.165) is 28.7 Å². The Morgan fingerprint density at radius 3 is 1.98 bits per heavy atom. The van der Waals surface area contributed by atoms with Gasteiger partial charge in [0.25, 0.3) is 5.91 Å². The number of amides is 3. The maximum Gasteiger partial charge on any atom is 0.408 e. The van der Waals surface area contributed by atoms with Crippen LogP contribution in [0.3, 0.4) is 0 Å². The van der Waals surface area contributed by atoms with E-state index in [0.29, 0.717) is 11.3 Å². The van der Waals surface area contributed by atoms with Crippen molar-refractivity contribution in [3.63, 3.8) is 0 Å². The fourth-order valence-electron chi connectivity index (χ4n) is 4.80. The van der Waals surface area contributed by atoms with Crippen LogP contribution >= 0.6 is 0 Å². The molecule has 0 saturated carbocycles. The average Bonchev–Trinajstić information content (AvgIpc) is 2.93. The molecule has 42 heavy (non-hydrogen) atoms. The summed E-state index contributed by atoms with van der Waals surface area (Å²) in [6, 6.07) is 17.9. The molecule has 2 unspecified atom stereocenters. The summed E-state index contributed by atoms with van der Waals surface area (Å²) in [5.41, 5.74) is 4.25. The standard InChI is InChI=1S/C34H43N3O5/c1-8-24-13-17-26(18-14-24)30(31(39)36-29-22(3)11-10-12-23(29)4)37(9-2)32(40)28(35-33(41)42-34(5,6)7)21-25-15-19-27(38)20-16-25/h10-20,28,30,38H,8-9,21H2,1-7H3,(H,35,41)(H,36,39). The van der Waals surface area contributed by atoms with Crippen LogP contribution in [0.5, 0.6) is 5.75 Å². The summed E-state index contributed by atoms with van der Waals surface area (Å²) in [4.78, 5) is 42.7. The number of aryl methyl sites for hydroxylation is 3. The molecule has 0 heterocycles. The molecule has 8 nitrogen and oxygen atoms in total. The van der Waals surface area contributed by atoms with Crippen LogP contribution in [0.15, 0.2) is 66.7 Å². The summed E-state index contributed by atoms with van der Waals surface area (Å²) in [5, 5.41) is 15.6. The van der Waals surface area contributed by atoms with Gasteiger partial charge in [-0.15, -0.1) is 0 Å². The summed E-state index contributed by atoms with van der Waals surface area (Å²) in [5.74, 6) is -0.694. The van der Waals surface area contributed by atoms with E-state index in [1.165, 1.54) is 17.0 Å². The monoisotopic (exact) mass is 573 g/mol. The first-order chi connectivity index (χ1) is 19.8. The summed E-state index contributed by atoms with van der Waals surface area (Å²) in [7, 11) is 0. The number of para-hydroxylation sites is 1. The number of ether oxygens (including phenoxy) is 1. The number of benzene rings is 3. The van der Waals surface area contributed by atoms with Gasteiger partial charge in [-0.3, -0.25) is 9.59 Å². The molecule has 3 N–H and O–H groups in total. The lowest BCUT2D eigenvalue weighted by Gasteiger charge is -2.34. The third-order valence-corrected chi connectivity index (χ3v) is 6.98. The Bertz CT molecular complexity index is 1360. The minimum absolute atomic E-state index is 0.0932. The van der Waals surface area contributed by atoms with E-state index in [9.17, 15) is 19.5 Å². The summed E-state index contributed by atoms with van der Waals surface area (Å²) < 4.78 is 5.47. The van der Waals surface area contributed by atoms with Gasteiger partial charge in [-0.05, 0) is 87.9 Å². The van der Waals surface area contributed by atoms with Crippen molar-refractivity contribution < 1.29 is 24.2 Å². The Labute approximate surface area is 249 Å². The molecule has 3 aromatic carbocycles. The first kappa shape index (κ1) is 32.2. The Morgan fingerprint density at radius 2 is 1.45 bits per heavy atom. The van der Waals surface area contributed by atoms with E-state index in [4.69, 9.17) is 4.74 Å². The van der Waals surface area contributed by atoms with Crippen LogP contribution < -0.4 is 10.6 Å². The van der Waals surface area contributed by atoms with E-state index in [2.05, 4.69) is 17.6 Å². The molecular formula is C34H43N3O5. The first-order valence-electron chi connectivity index (χ1n) is 14.4. The fraction of sp³-hybridized carbons (Fsp3) is 0.382. The largest absolute Gasteiger partial charge is 0.508 e. The number of hydrogen-bond donors (Lipinski definition) is 3. The zero-order chi connectivity index (χ0) is 31.0. The summed E-state index contributed by atoms with van der Waals surface area (Å²) >= 11 is 0. The van der Waals surface area contributed by atoms with Gasteiger partial charge in [0.15, 0.2) is 0 Å². The minimum atomic E-state index is -1.03. The maximum atomic E-state index is 14.3. The Kier molecular flexibility index (Phi) is 10.8. The van der Waals surface area contributed by atoms with Crippen molar-refractivity contribution >= 4 is 23.6 Å². The number of nitrogens with zero attached hydrogens (tertiary/aromatic N) is 1. The molecule has 0 aliphatic carbocycles. The number of anilines is 1. The number of nitrogens with one attached hydrogen (secondary N) is 2. The molecule has 3 aromatic rings. The predicted octanol–water partition coefficient (Wildman–Crippen LogP) is 6.24. The van der Waals surface area contributed by atoms with Crippen LogP contribution in [-0.2, 0) is 27.2 Å². The van der Waals surface area contributed by atoms with Crippen molar-refractivity contribution in [2.75, 3.05) is 11.9 Å². The second-order valence-electron chi connectivity index (χ2n) is 11.4. The Balaban J connectivity index is 2.04. The lowest BCUT2D eigenvalue weighted by molar-refractivity contribution is -0.140. The van der Waals surface area contributed by atoms with Crippen molar-refractivity contribution in [3.05, 3.63) is 94.5 Å². The molecule has 0 bridgehead atoms. The van der Waals surface area contributed by atoms with Crippen LogP contribution in [0, 0.1) is 13.8 Å². The molecule has 3 amide bonds. The number of rotatable bonds is 10. The SMILES string of the molecule is CCc1ccc(C(C(=O)Nc2c(C)cccc2C)N(CC)C(=O)C(Cc2ccc(O)cc2)NC(=O)OC(C)(C)C)cc1. The smallest absolute Gasteiger partial charge is 0.408 e. The Morgan fingerprint density at radius 1 is 0.881 bits per heavy atom. The number of phenolic OH excluding ortho intramolecular Hbond substituents is 1. The van der Waals surface area contributed by atoms with Gasteiger partial charge in [0.2, 0.25) is 5.91 Å². The second-order valence-corrected chi connectivity index (χ2v) is 11.4. The quantitative estimate of drug-likeness (QED) is 0.266. The number of alkyl carbamates (subject to hydrolysis) is 1. The topological polar surface area (TPSA) is 108 Å². The van der Waals surface area contributed by atoms with Gasteiger partial charge in [0.05, 0.1) is 0 Å². The van der Waals surface area contributed by atoms with Crippen molar-refractivity contribution in [2.45, 2.75) is 79.0 Å².